The van der Waals surface area contributed by atoms with Gasteiger partial charge in [-0.2, -0.15) is 0 Å². The van der Waals surface area contributed by atoms with Crippen molar-refractivity contribution in [1.82, 2.24) is 0 Å². The van der Waals surface area contributed by atoms with Crippen LogP contribution >= 0.6 is 0 Å². The summed E-state index contributed by atoms with van der Waals surface area (Å²) in [6.07, 6.45) is 0. The molecule has 5 nitrogen and oxygen atoms in total. The first-order chi connectivity index (χ1) is 29.8. The summed E-state index contributed by atoms with van der Waals surface area (Å²) in [5, 5.41) is 0. The average Bonchev–Trinajstić information content (AvgIpc) is 3.88. The number of nitrogens with zero attached hydrogens (tertiary/aromatic N) is 4. The largest absolute Gasteiger partial charge is 0.424 e. The fraction of sp³-hybridized carbons (Fsp3) is 0.286. The zero-order chi connectivity index (χ0) is 43.6. The molecule has 0 saturated carbocycles. The fourth-order valence-corrected chi connectivity index (χ4v) is 11.7. The van der Waals surface area contributed by atoms with Gasteiger partial charge in [-0.25, -0.2) is 0 Å². The normalized spacial score (nSPS) is 15.7. The van der Waals surface area contributed by atoms with E-state index in [9.17, 15) is 0 Å². The van der Waals surface area contributed by atoms with Crippen molar-refractivity contribution in [2.45, 2.75) is 105 Å². The van der Waals surface area contributed by atoms with E-state index in [2.05, 4.69) is 212 Å². The standard InChI is InChI=1S/C56H54B2N4O/c1-53(2,3)31-19-23-43-39(27-31)35-15-13-17-37-41-29-33(55(7,8)9)21-25-45(41)61-51-49(59(43)57(61)47(35)37)50-52(63-51)62-46-26-22-34(56(10,11)12)30-42(46)38-18-14-16-36-40-28-32(54(4,5)6)20-24-44(40)60(50)58(62)48(36)38/h13-30H,1-12H3. The third-order valence-corrected chi connectivity index (χ3v) is 15.1. The van der Waals surface area contributed by atoms with E-state index in [1.807, 2.05) is 0 Å². The van der Waals surface area contributed by atoms with Crippen LogP contribution in [0.2, 0.25) is 0 Å². The molecule has 0 saturated heterocycles. The molecule has 0 atom stereocenters. The topological polar surface area (TPSA) is 26.1 Å². The van der Waals surface area contributed by atoms with Gasteiger partial charge in [0.1, 0.15) is 11.4 Å². The van der Waals surface area contributed by atoms with Crippen molar-refractivity contribution in [3.05, 3.63) is 131 Å². The van der Waals surface area contributed by atoms with Crippen molar-refractivity contribution in [3.8, 4) is 44.5 Å². The number of hydrogen-bond acceptors (Lipinski definition) is 5. The Kier molecular flexibility index (Phi) is 6.87. The maximum absolute atomic E-state index is 7.71. The lowest BCUT2D eigenvalue weighted by Crippen LogP contribution is -2.58. The molecule has 0 radical (unpaired) electrons. The van der Waals surface area contributed by atoms with E-state index >= 15 is 0 Å². The highest BCUT2D eigenvalue weighted by Crippen LogP contribution is 2.67. The van der Waals surface area contributed by atoms with E-state index in [1.165, 1.54) is 100 Å². The molecule has 0 bridgehead atoms. The van der Waals surface area contributed by atoms with Crippen molar-refractivity contribution in [2.75, 3.05) is 19.2 Å². The van der Waals surface area contributed by atoms with Crippen LogP contribution in [0.4, 0.5) is 45.9 Å². The summed E-state index contributed by atoms with van der Waals surface area (Å²) in [5.41, 5.74) is 25.5. The van der Waals surface area contributed by atoms with Crippen molar-refractivity contribution in [2.24, 2.45) is 0 Å². The Balaban J connectivity index is 1.15. The lowest BCUT2D eigenvalue weighted by Gasteiger charge is -2.42. The Bertz CT molecular complexity index is 2980. The molecular weight excluding hydrogens is 766 g/mol. The molecule has 310 valence electrons. The van der Waals surface area contributed by atoms with Gasteiger partial charge >= 0.3 is 14.0 Å². The van der Waals surface area contributed by atoms with E-state index in [1.54, 1.807) is 0 Å². The fourth-order valence-electron chi connectivity index (χ4n) is 11.7. The van der Waals surface area contributed by atoms with Crippen molar-refractivity contribution in [3.63, 3.8) is 0 Å². The number of hydrogen-bond donors (Lipinski definition) is 0. The van der Waals surface area contributed by atoms with Crippen LogP contribution < -0.4 is 30.2 Å². The minimum absolute atomic E-state index is 0.00381. The van der Waals surface area contributed by atoms with Crippen LogP contribution in [0.25, 0.3) is 44.5 Å². The molecule has 7 heteroatoms. The van der Waals surface area contributed by atoms with Crippen molar-refractivity contribution >= 4 is 70.8 Å². The smallest absolute Gasteiger partial charge is 0.422 e. The number of furan rings is 1. The van der Waals surface area contributed by atoms with Gasteiger partial charge in [0.05, 0.1) is 0 Å². The highest BCUT2D eigenvalue weighted by Gasteiger charge is 2.61. The van der Waals surface area contributed by atoms with E-state index < -0.39 is 0 Å². The van der Waals surface area contributed by atoms with Crippen LogP contribution in [-0.4, -0.2) is 14.0 Å². The first kappa shape index (κ1) is 37.5. The molecule has 0 unspecified atom stereocenters. The Morgan fingerprint density at radius 2 is 0.603 bits per heavy atom. The second-order valence-electron chi connectivity index (χ2n) is 23.1. The second-order valence-corrected chi connectivity index (χ2v) is 23.1. The Morgan fingerprint density at radius 3 is 0.873 bits per heavy atom. The number of rotatable bonds is 0. The van der Waals surface area contributed by atoms with E-state index in [0.29, 0.717) is 0 Å². The Labute approximate surface area is 373 Å². The van der Waals surface area contributed by atoms with Gasteiger partial charge in [0.2, 0.25) is 11.8 Å². The van der Waals surface area contributed by atoms with E-state index in [-0.39, 0.29) is 35.6 Å². The summed E-state index contributed by atoms with van der Waals surface area (Å²) in [7, 11) is 0. The average molecular weight is 821 g/mol. The molecule has 0 spiro atoms. The monoisotopic (exact) mass is 820 g/mol. The minimum Gasteiger partial charge on any atom is -0.422 e. The van der Waals surface area contributed by atoms with Crippen LogP contribution in [0.5, 0.6) is 0 Å². The molecule has 0 amide bonds. The van der Waals surface area contributed by atoms with Gasteiger partial charge in [-0.15, -0.1) is 0 Å². The second kappa shape index (κ2) is 11.5. The van der Waals surface area contributed by atoms with Gasteiger partial charge in [0.25, 0.3) is 0 Å². The lowest BCUT2D eigenvalue weighted by atomic mass is 9.54. The first-order valence-corrected chi connectivity index (χ1v) is 23.0. The third kappa shape index (κ3) is 4.71. The molecule has 13 rings (SSSR count). The summed E-state index contributed by atoms with van der Waals surface area (Å²) in [5.74, 6) is 1.82. The lowest BCUT2D eigenvalue weighted by molar-refractivity contribution is 0.588. The van der Waals surface area contributed by atoms with Crippen LogP contribution in [0.3, 0.4) is 0 Å². The number of fused-ring (bicyclic) bond motifs is 19. The predicted molar refractivity (Wildman–Crippen MR) is 267 cm³/mol. The zero-order valence-corrected chi connectivity index (χ0v) is 38.7. The molecule has 63 heavy (non-hydrogen) atoms. The summed E-state index contributed by atoms with van der Waals surface area (Å²) in [4.78, 5) is 10.4. The summed E-state index contributed by atoms with van der Waals surface area (Å²) >= 11 is 0. The van der Waals surface area contributed by atoms with Crippen LogP contribution in [-0.2, 0) is 21.7 Å². The zero-order valence-electron chi connectivity index (χ0n) is 38.7. The van der Waals surface area contributed by atoms with Gasteiger partial charge < -0.3 is 23.7 Å². The van der Waals surface area contributed by atoms with E-state index in [0.717, 1.165) is 23.1 Å². The molecule has 0 N–H and O–H groups in total. The molecular formula is C56H54B2N4O. The van der Waals surface area contributed by atoms with Gasteiger partial charge in [-0.05, 0) is 126 Å². The molecule has 0 aliphatic carbocycles. The molecule has 1 aromatic heterocycles. The van der Waals surface area contributed by atoms with E-state index in [4.69, 9.17) is 4.42 Å². The summed E-state index contributed by atoms with van der Waals surface area (Å²) < 4.78 is 7.71. The van der Waals surface area contributed by atoms with Gasteiger partial charge in [0, 0.05) is 45.0 Å². The molecule has 7 heterocycles. The third-order valence-electron chi connectivity index (χ3n) is 15.1. The molecule has 6 aliphatic rings. The predicted octanol–water partition coefficient (Wildman–Crippen LogP) is 13.8. The summed E-state index contributed by atoms with van der Waals surface area (Å²) in [6.45, 7) is 27.7. The number of anilines is 8. The Hall–Kier alpha value is -6.07. The SMILES string of the molecule is CC(C)(C)c1ccc2c(c1)-c1cccc3c1B1N2c2oc4c(c2N1c1ccc(C(C)(C)C)cc1-3)N1B2c3c(cccc3-c3cc(C(C)(C)C)ccc31)-c1cc(C(C)(C)C)ccc1N24. The summed E-state index contributed by atoms with van der Waals surface area (Å²) in [6, 6.07) is 42.8. The minimum atomic E-state index is -0.106. The molecule has 6 aliphatic heterocycles. The van der Waals surface area contributed by atoms with Crippen LogP contribution in [0, 0.1) is 0 Å². The molecule has 7 aromatic rings. The Morgan fingerprint density at radius 1 is 0.333 bits per heavy atom. The quantitative estimate of drug-likeness (QED) is 0.142. The van der Waals surface area contributed by atoms with Gasteiger partial charge in [-0.3, -0.25) is 0 Å². The van der Waals surface area contributed by atoms with Crippen LogP contribution in [0.1, 0.15) is 105 Å². The van der Waals surface area contributed by atoms with Gasteiger partial charge in [0.15, 0.2) is 0 Å². The number of benzene rings is 6. The van der Waals surface area contributed by atoms with Crippen molar-refractivity contribution in [1.29, 1.82) is 0 Å². The maximum Gasteiger partial charge on any atom is 0.424 e. The first-order valence-electron chi connectivity index (χ1n) is 23.0. The van der Waals surface area contributed by atoms with Crippen molar-refractivity contribution < 1.29 is 4.42 Å². The van der Waals surface area contributed by atoms with Crippen LogP contribution in [0.15, 0.2) is 114 Å². The van der Waals surface area contributed by atoms with Gasteiger partial charge in [-0.1, -0.05) is 144 Å². The maximum atomic E-state index is 7.71. The molecule has 6 aromatic carbocycles. The highest BCUT2D eigenvalue weighted by molar-refractivity contribution is 6.91. The highest BCUT2D eigenvalue weighted by atomic mass is 16.4. The molecule has 0 fully saturated rings.